The van der Waals surface area contributed by atoms with Gasteiger partial charge < -0.3 is 10.6 Å². The van der Waals surface area contributed by atoms with E-state index in [1.807, 2.05) is 49.1 Å². The summed E-state index contributed by atoms with van der Waals surface area (Å²) < 4.78 is 27.1. The quantitative estimate of drug-likeness (QED) is 0.652. The number of aryl methyl sites for hydroxylation is 1. The Morgan fingerprint density at radius 3 is 2.45 bits per heavy atom. The highest BCUT2D eigenvalue weighted by molar-refractivity contribution is 7.89. The molecule has 0 spiro atoms. The third-order valence-electron chi connectivity index (χ3n) is 5.40. The lowest BCUT2D eigenvalue weighted by Gasteiger charge is -2.19. The third kappa shape index (κ3) is 5.05. The van der Waals surface area contributed by atoms with Gasteiger partial charge in [0, 0.05) is 5.69 Å². The summed E-state index contributed by atoms with van der Waals surface area (Å²) in [6.45, 7) is 7.51. The van der Waals surface area contributed by atoms with Crippen LogP contribution in [-0.2, 0) is 14.8 Å². The van der Waals surface area contributed by atoms with E-state index < -0.39 is 22.1 Å². The fourth-order valence-corrected chi connectivity index (χ4v) is 4.94. The zero-order chi connectivity index (χ0) is 22.6. The van der Waals surface area contributed by atoms with E-state index in [4.69, 9.17) is 0 Å². The molecule has 0 unspecified atom stereocenters. The highest BCUT2D eigenvalue weighted by Gasteiger charge is 2.38. The highest BCUT2D eigenvalue weighted by Crippen LogP contribution is 2.28. The van der Waals surface area contributed by atoms with Gasteiger partial charge in [0.05, 0.1) is 24.0 Å². The molecule has 31 heavy (non-hydrogen) atoms. The van der Waals surface area contributed by atoms with Crippen molar-refractivity contribution in [3.05, 3.63) is 59.7 Å². The fraction of sp³-hybridized carbons (Fsp3) is 0.364. The summed E-state index contributed by atoms with van der Waals surface area (Å²) in [5.74, 6) is -0.160. The van der Waals surface area contributed by atoms with Crippen LogP contribution in [0, 0.1) is 6.92 Å². The van der Waals surface area contributed by atoms with Gasteiger partial charge in [-0.25, -0.2) is 17.5 Å². The van der Waals surface area contributed by atoms with E-state index in [1.165, 1.54) is 12.1 Å². The summed E-state index contributed by atoms with van der Waals surface area (Å²) in [6.07, 6.45) is 0. The number of sulfonamides is 1. The minimum Gasteiger partial charge on any atom is -0.328 e. The van der Waals surface area contributed by atoms with Gasteiger partial charge in [-0.3, -0.25) is 9.69 Å². The first kappa shape index (κ1) is 22.8. The number of rotatable bonds is 8. The molecule has 1 atom stereocenters. The van der Waals surface area contributed by atoms with Gasteiger partial charge in [0.1, 0.15) is 0 Å². The summed E-state index contributed by atoms with van der Waals surface area (Å²) in [5.41, 5.74) is 1.99. The molecule has 0 bridgehead atoms. The summed E-state index contributed by atoms with van der Waals surface area (Å²) in [5, 5.41) is 5.55. The molecule has 9 heteroatoms. The standard InChI is InChI=1S/C22H28N4O4S/c1-4-25(5-2)15-21(27)23-19-12-11-18(13-16(19)3)31(29,30)26-14-20(24-22(26)28)17-9-7-6-8-10-17/h6-13,20H,4-5,14-15H2,1-3H3,(H,23,27)(H,24,28)/t20-/m1/s1. The Bertz CT molecular complexity index is 1050. The molecule has 1 aliphatic rings. The number of hydrogen-bond donors (Lipinski definition) is 2. The van der Waals surface area contributed by atoms with Crippen LogP contribution in [0.2, 0.25) is 0 Å². The molecule has 1 fully saturated rings. The zero-order valence-corrected chi connectivity index (χ0v) is 18.8. The zero-order valence-electron chi connectivity index (χ0n) is 18.0. The average molecular weight is 445 g/mol. The van der Waals surface area contributed by atoms with Crippen LogP contribution in [0.15, 0.2) is 53.4 Å². The first-order valence-electron chi connectivity index (χ1n) is 10.3. The van der Waals surface area contributed by atoms with E-state index in [-0.39, 0.29) is 23.9 Å². The number of amides is 3. The van der Waals surface area contributed by atoms with Crippen LogP contribution in [0.4, 0.5) is 10.5 Å². The Morgan fingerprint density at radius 2 is 1.84 bits per heavy atom. The SMILES string of the molecule is CCN(CC)CC(=O)Nc1ccc(S(=O)(=O)N2C[C@H](c3ccccc3)NC2=O)cc1C. The van der Waals surface area contributed by atoms with Crippen molar-refractivity contribution in [3.8, 4) is 0 Å². The van der Waals surface area contributed by atoms with Crippen LogP contribution in [0.5, 0.6) is 0 Å². The second-order valence-electron chi connectivity index (χ2n) is 7.44. The van der Waals surface area contributed by atoms with Gasteiger partial charge in [-0.1, -0.05) is 44.2 Å². The summed E-state index contributed by atoms with van der Waals surface area (Å²) in [4.78, 5) is 26.7. The first-order valence-corrected chi connectivity index (χ1v) is 11.7. The molecule has 166 valence electrons. The van der Waals surface area contributed by atoms with Crippen LogP contribution in [-0.4, -0.2) is 55.7 Å². The molecule has 8 nitrogen and oxygen atoms in total. The van der Waals surface area contributed by atoms with E-state index in [0.29, 0.717) is 11.3 Å². The maximum absolute atomic E-state index is 13.1. The van der Waals surface area contributed by atoms with Crippen LogP contribution in [0.1, 0.15) is 31.0 Å². The van der Waals surface area contributed by atoms with Crippen molar-refractivity contribution in [2.24, 2.45) is 0 Å². The number of benzene rings is 2. The number of urea groups is 1. The Kier molecular flexibility index (Phi) is 6.97. The molecule has 2 aromatic carbocycles. The van der Waals surface area contributed by atoms with Crippen molar-refractivity contribution in [1.29, 1.82) is 0 Å². The molecule has 1 aliphatic heterocycles. The molecule has 0 aromatic heterocycles. The number of nitrogens with one attached hydrogen (secondary N) is 2. The van der Waals surface area contributed by atoms with Gasteiger partial charge in [0.25, 0.3) is 10.0 Å². The van der Waals surface area contributed by atoms with Crippen molar-refractivity contribution in [2.45, 2.75) is 31.7 Å². The van der Waals surface area contributed by atoms with Crippen LogP contribution < -0.4 is 10.6 Å². The summed E-state index contributed by atoms with van der Waals surface area (Å²) in [6, 6.07) is 12.6. The predicted molar refractivity (Wildman–Crippen MR) is 119 cm³/mol. The van der Waals surface area contributed by atoms with E-state index >= 15 is 0 Å². The van der Waals surface area contributed by atoms with E-state index in [2.05, 4.69) is 10.6 Å². The van der Waals surface area contributed by atoms with Gasteiger partial charge in [0.2, 0.25) is 5.91 Å². The van der Waals surface area contributed by atoms with Crippen molar-refractivity contribution >= 4 is 27.6 Å². The van der Waals surface area contributed by atoms with Crippen molar-refractivity contribution in [1.82, 2.24) is 14.5 Å². The van der Waals surface area contributed by atoms with E-state index in [0.717, 1.165) is 23.0 Å². The summed E-state index contributed by atoms with van der Waals surface area (Å²) >= 11 is 0. The van der Waals surface area contributed by atoms with Gasteiger partial charge in [-0.05, 0) is 49.3 Å². The Balaban J connectivity index is 1.75. The molecular weight excluding hydrogens is 416 g/mol. The van der Waals surface area contributed by atoms with Crippen molar-refractivity contribution in [2.75, 3.05) is 31.5 Å². The van der Waals surface area contributed by atoms with Gasteiger partial charge in [-0.2, -0.15) is 0 Å². The second-order valence-corrected chi connectivity index (χ2v) is 9.30. The van der Waals surface area contributed by atoms with E-state index in [9.17, 15) is 18.0 Å². The molecule has 1 heterocycles. The number of carbonyl (C=O) groups is 2. The maximum Gasteiger partial charge on any atom is 0.331 e. The lowest BCUT2D eigenvalue weighted by atomic mass is 10.1. The van der Waals surface area contributed by atoms with Crippen LogP contribution >= 0.6 is 0 Å². The molecule has 3 amide bonds. The molecular formula is C22H28N4O4S. The lowest BCUT2D eigenvalue weighted by molar-refractivity contribution is -0.117. The molecule has 0 aliphatic carbocycles. The molecule has 2 N–H and O–H groups in total. The van der Waals surface area contributed by atoms with Crippen molar-refractivity contribution in [3.63, 3.8) is 0 Å². The largest absolute Gasteiger partial charge is 0.331 e. The first-order chi connectivity index (χ1) is 14.8. The van der Waals surface area contributed by atoms with Gasteiger partial charge >= 0.3 is 6.03 Å². The van der Waals surface area contributed by atoms with Crippen molar-refractivity contribution < 1.29 is 18.0 Å². The topological polar surface area (TPSA) is 98.8 Å². The Labute approximate surface area is 183 Å². The number of carbonyl (C=O) groups excluding carboxylic acids is 2. The lowest BCUT2D eigenvalue weighted by Crippen LogP contribution is -2.34. The third-order valence-corrected chi connectivity index (χ3v) is 7.14. The molecule has 2 aromatic rings. The minimum absolute atomic E-state index is 0.00982. The van der Waals surface area contributed by atoms with E-state index in [1.54, 1.807) is 13.0 Å². The monoisotopic (exact) mass is 444 g/mol. The maximum atomic E-state index is 13.1. The normalized spacial score (nSPS) is 16.5. The summed E-state index contributed by atoms with van der Waals surface area (Å²) in [7, 11) is -4.02. The minimum atomic E-state index is -4.02. The number of likely N-dealkylation sites (N-methyl/N-ethyl adjacent to an activating group) is 1. The average Bonchev–Trinajstić information content (AvgIpc) is 3.16. The number of hydrogen-bond acceptors (Lipinski definition) is 5. The smallest absolute Gasteiger partial charge is 0.328 e. The Hall–Kier alpha value is -2.91. The molecule has 3 rings (SSSR count). The fourth-order valence-electron chi connectivity index (χ4n) is 3.50. The van der Waals surface area contributed by atoms with Gasteiger partial charge in [-0.15, -0.1) is 0 Å². The molecule has 0 saturated carbocycles. The molecule has 0 radical (unpaired) electrons. The second kappa shape index (κ2) is 9.49. The van der Waals surface area contributed by atoms with Crippen LogP contribution in [0.25, 0.3) is 0 Å². The van der Waals surface area contributed by atoms with Gasteiger partial charge in [0.15, 0.2) is 0 Å². The highest BCUT2D eigenvalue weighted by atomic mass is 32.2. The predicted octanol–water partition coefficient (Wildman–Crippen LogP) is 2.73. The van der Waals surface area contributed by atoms with Crippen LogP contribution in [0.3, 0.4) is 0 Å². The number of anilines is 1. The number of nitrogens with zero attached hydrogens (tertiary/aromatic N) is 2. The Morgan fingerprint density at radius 1 is 1.16 bits per heavy atom. The molecule has 1 saturated heterocycles.